The van der Waals surface area contributed by atoms with E-state index >= 15 is 0 Å². The molecule has 0 bridgehead atoms. The normalized spacial score (nSPS) is 23.6. The van der Waals surface area contributed by atoms with Crippen LogP contribution in [0, 0.1) is 0 Å². The van der Waals surface area contributed by atoms with Crippen LogP contribution in [0.15, 0.2) is 60.2 Å². The SMILES string of the molecule is COc1ccc([C@@H]2/C(=C(\O)c3ccccc3)C(=O)C(=O)N2C[C@@H]2CCCO2)cc1. The summed E-state index contributed by atoms with van der Waals surface area (Å²) in [5, 5.41) is 10.9. The molecule has 0 unspecified atom stereocenters. The first-order valence-corrected chi connectivity index (χ1v) is 9.69. The van der Waals surface area contributed by atoms with Gasteiger partial charge in [-0.05, 0) is 30.5 Å². The van der Waals surface area contributed by atoms with Gasteiger partial charge in [0.15, 0.2) is 0 Å². The lowest BCUT2D eigenvalue weighted by molar-refractivity contribution is -0.140. The van der Waals surface area contributed by atoms with Crippen LogP contribution in [0.2, 0.25) is 0 Å². The van der Waals surface area contributed by atoms with Gasteiger partial charge in [0, 0.05) is 18.7 Å². The molecule has 1 N–H and O–H groups in total. The van der Waals surface area contributed by atoms with E-state index in [9.17, 15) is 14.7 Å². The number of rotatable bonds is 5. The van der Waals surface area contributed by atoms with Gasteiger partial charge in [0.1, 0.15) is 11.5 Å². The van der Waals surface area contributed by atoms with Crippen LogP contribution in [0.5, 0.6) is 5.75 Å². The number of Topliss-reactive ketones (excluding diaryl/α,β-unsaturated/α-hetero) is 1. The third-order valence-electron chi connectivity index (χ3n) is 5.44. The number of likely N-dealkylation sites (tertiary alicyclic amines) is 1. The van der Waals surface area contributed by atoms with E-state index in [2.05, 4.69) is 0 Å². The number of hydrogen-bond donors (Lipinski definition) is 1. The number of carbonyl (C=O) groups is 2. The molecule has 6 nitrogen and oxygen atoms in total. The van der Waals surface area contributed by atoms with Gasteiger partial charge in [-0.25, -0.2) is 0 Å². The van der Waals surface area contributed by atoms with Crippen LogP contribution in [0.1, 0.15) is 30.0 Å². The molecule has 150 valence electrons. The van der Waals surface area contributed by atoms with Gasteiger partial charge in [-0.15, -0.1) is 0 Å². The standard InChI is InChI=1S/C23H23NO5/c1-28-17-11-9-15(10-12-17)20-19(21(25)16-6-3-2-4-7-16)22(26)23(27)24(20)14-18-8-5-13-29-18/h2-4,6-7,9-12,18,20,25H,5,8,13-14H2,1H3/b21-19+/t18-,20+/m0/s1. The maximum atomic E-state index is 12.9. The monoisotopic (exact) mass is 393 g/mol. The maximum Gasteiger partial charge on any atom is 0.295 e. The fraction of sp³-hybridized carbons (Fsp3) is 0.304. The Kier molecular flexibility index (Phi) is 5.36. The summed E-state index contributed by atoms with van der Waals surface area (Å²) >= 11 is 0. The first-order chi connectivity index (χ1) is 14.1. The molecule has 0 spiro atoms. The van der Waals surface area contributed by atoms with E-state index in [1.54, 1.807) is 43.5 Å². The lowest BCUT2D eigenvalue weighted by atomic mass is 9.95. The number of aliphatic hydroxyl groups is 1. The summed E-state index contributed by atoms with van der Waals surface area (Å²) in [6.07, 6.45) is 1.67. The Morgan fingerprint density at radius 2 is 1.86 bits per heavy atom. The van der Waals surface area contributed by atoms with Crippen molar-refractivity contribution in [3.63, 3.8) is 0 Å². The molecular weight excluding hydrogens is 370 g/mol. The number of carbonyl (C=O) groups excluding carboxylic acids is 2. The number of aliphatic hydroxyl groups excluding tert-OH is 1. The minimum absolute atomic E-state index is 0.101. The van der Waals surface area contributed by atoms with Crippen molar-refractivity contribution >= 4 is 17.4 Å². The third-order valence-corrected chi connectivity index (χ3v) is 5.44. The van der Waals surface area contributed by atoms with Crippen LogP contribution in [-0.2, 0) is 14.3 Å². The van der Waals surface area contributed by atoms with Gasteiger partial charge in [-0.3, -0.25) is 9.59 Å². The van der Waals surface area contributed by atoms with Crippen molar-refractivity contribution in [1.29, 1.82) is 0 Å². The highest BCUT2D eigenvalue weighted by molar-refractivity contribution is 6.46. The third kappa shape index (κ3) is 3.63. The molecule has 0 aliphatic carbocycles. The molecule has 2 saturated heterocycles. The van der Waals surface area contributed by atoms with Crippen LogP contribution < -0.4 is 4.74 Å². The second-order valence-electron chi connectivity index (χ2n) is 7.23. The van der Waals surface area contributed by atoms with Crippen LogP contribution in [0.4, 0.5) is 0 Å². The molecule has 2 atom stereocenters. The second kappa shape index (κ2) is 8.09. The van der Waals surface area contributed by atoms with Crippen molar-refractivity contribution in [3.8, 4) is 5.75 Å². The van der Waals surface area contributed by atoms with Gasteiger partial charge < -0.3 is 19.5 Å². The number of benzene rings is 2. The fourth-order valence-electron chi connectivity index (χ4n) is 3.96. The van der Waals surface area contributed by atoms with Crippen molar-refractivity contribution in [1.82, 2.24) is 4.90 Å². The molecule has 2 fully saturated rings. The van der Waals surface area contributed by atoms with Crippen LogP contribution >= 0.6 is 0 Å². The quantitative estimate of drug-likeness (QED) is 0.479. The van der Waals surface area contributed by atoms with Crippen LogP contribution in [0.25, 0.3) is 5.76 Å². The van der Waals surface area contributed by atoms with Crippen molar-refractivity contribution in [2.24, 2.45) is 0 Å². The summed E-state index contributed by atoms with van der Waals surface area (Å²) in [6.45, 7) is 0.971. The summed E-state index contributed by atoms with van der Waals surface area (Å²) in [5.41, 5.74) is 1.34. The Labute approximate surface area is 169 Å². The van der Waals surface area contributed by atoms with E-state index in [-0.39, 0.29) is 17.4 Å². The van der Waals surface area contributed by atoms with Gasteiger partial charge in [0.05, 0.1) is 24.8 Å². The zero-order valence-corrected chi connectivity index (χ0v) is 16.2. The number of amides is 1. The van der Waals surface area contributed by atoms with Gasteiger partial charge in [-0.1, -0.05) is 42.5 Å². The maximum absolute atomic E-state index is 12.9. The van der Waals surface area contributed by atoms with E-state index < -0.39 is 17.7 Å². The van der Waals surface area contributed by atoms with Crippen molar-refractivity contribution in [3.05, 3.63) is 71.3 Å². The summed E-state index contributed by atoms with van der Waals surface area (Å²) in [4.78, 5) is 27.4. The largest absolute Gasteiger partial charge is 0.507 e. The Balaban J connectivity index is 1.80. The zero-order chi connectivity index (χ0) is 20.4. The van der Waals surface area contributed by atoms with E-state index in [0.29, 0.717) is 24.5 Å². The molecule has 6 heteroatoms. The van der Waals surface area contributed by atoms with Gasteiger partial charge in [0.25, 0.3) is 11.7 Å². The fourth-order valence-corrected chi connectivity index (χ4v) is 3.96. The average molecular weight is 393 g/mol. The number of methoxy groups -OCH3 is 1. The minimum Gasteiger partial charge on any atom is -0.507 e. The summed E-state index contributed by atoms with van der Waals surface area (Å²) in [7, 11) is 1.58. The first kappa shape index (κ1) is 19.2. The molecule has 2 aliphatic heterocycles. The number of hydrogen-bond acceptors (Lipinski definition) is 5. The topological polar surface area (TPSA) is 76.1 Å². The Bertz CT molecular complexity index is 930. The average Bonchev–Trinajstić information content (AvgIpc) is 3.36. The minimum atomic E-state index is -0.676. The molecule has 1 amide bonds. The molecule has 4 rings (SSSR count). The molecule has 2 aromatic rings. The molecule has 29 heavy (non-hydrogen) atoms. The Hall–Kier alpha value is -3.12. The first-order valence-electron chi connectivity index (χ1n) is 9.69. The van der Waals surface area contributed by atoms with E-state index in [1.807, 2.05) is 18.2 Å². The molecular formula is C23H23NO5. The van der Waals surface area contributed by atoms with E-state index in [4.69, 9.17) is 9.47 Å². The van der Waals surface area contributed by atoms with E-state index in [1.165, 1.54) is 4.90 Å². The van der Waals surface area contributed by atoms with Crippen LogP contribution in [0.3, 0.4) is 0 Å². The number of nitrogens with zero attached hydrogens (tertiary/aromatic N) is 1. The van der Waals surface area contributed by atoms with Crippen LogP contribution in [-0.4, -0.2) is 48.1 Å². The molecule has 2 aliphatic rings. The molecule has 0 saturated carbocycles. The van der Waals surface area contributed by atoms with E-state index in [0.717, 1.165) is 18.4 Å². The molecule has 0 aromatic heterocycles. The van der Waals surface area contributed by atoms with Crippen molar-refractivity contribution in [2.75, 3.05) is 20.3 Å². The number of ether oxygens (including phenoxy) is 2. The lowest BCUT2D eigenvalue weighted by Crippen LogP contribution is -2.36. The lowest BCUT2D eigenvalue weighted by Gasteiger charge is -2.27. The Morgan fingerprint density at radius 3 is 2.48 bits per heavy atom. The molecule has 2 aromatic carbocycles. The molecule has 0 radical (unpaired) electrons. The highest BCUT2D eigenvalue weighted by Crippen LogP contribution is 2.40. The van der Waals surface area contributed by atoms with Gasteiger partial charge >= 0.3 is 0 Å². The predicted molar refractivity (Wildman–Crippen MR) is 107 cm³/mol. The van der Waals surface area contributed by atoms with Crippen molar-refractivity contribution < 1.29 is 24.2 Å². The summed E-state index contributed by atoms with van der Waals surface area (Å²) in [6, 6.07) is 15.3. The number of ketones is 1. The van der Waals surface area contributed by atoms with Gasteiger partial charge in [0.2, 0.25) is 0 Å². The smallest absolute Gasteiger partial charge is 0.295 e. The Morgan fingerprint density at radius 1 is 1.14 bits per heavy atom. The highest BCUT2D eigenvalue weighted by atomic mass is 16.5. The summed E-state index contributed by atoms with van der Waals surface area (Å²) < 4.78 is 10.9. The second-order valence-corrected chi connectivity index (χ2v) is 7.23. The predicted octanol–water partition coefficient (Wildman–Crippen LogP) is 3.30. The summed E-state index contributed by atoms with van der Waals surface area (Å²) in [5.74, 6) is -0.781. The molecule has 2 heterocycles. The van der Waals surface area contributed by atoms with Crippen molar-refractivity contribution in [2.45, 2.75) is 25.0 Å². The van der Waals surface area contributed by atoms with Gasteiger partial charge in [-0.2, -0.15) is 0 Å². The highest BCUT2D eigenvalue weighted by Gasteiger charge is 2.47. The zero-order valence-electron chi connectivity index (χ0n) is 16.2.